The molecule has 1 aromatic carbocycles. The Hall–Kier alpha value is 0.300. The number of rotatable bonds is 2. The Morgan fingerprint density at radius 2 is 2.29 bits per heavy atom. The molecule has 0 unspecified atom stereocenters. The maximum Gasteiger partial charge on any atom is 0.0493 e. The molecule has 0 bridgehead atoms. The van der Waals surface area contributed by atoms with Crippen LogP contribution in [-0.2, 0) is 5.88 Å². The van der Waals surface area contributed by atoms with Crippen molar-refractivity contribution in [3.63, 3.8) is 0 Å². The van der Waals surface area contributed by atoms with Gasteiger partial charge in [-0.05, 0) is 44.6 Å². The first-order valence-electron chi connectivity index (χ1n) is 4.06. The summed E-state index contributed by atoms with van der Waals surface area (Å²) in [4.78, 5) is 1.31. The van der Waals surface area contributed by atoms with Crippen molar-refractivity contribution in [3.8, 4) is 0 Å². The largest absolute Gasteiger partial charge is 0.142 e. The van der Waals surface area contributed by atoms with Crippen LogP contribution in [0, 0.1) is 0 Å². The topological polar surface area (TPSA) is 0 Å². The van der Waals surface area contributed by atoms with Crippen LogP contribution >= 0.6 is 50.6 Å². The first kappa shape index (κ1) is 10.8. The van der Waals surface area contributed by atoms with Crippen molar-refractivity contribution >= 4 is 60.7 Å². The minimum Gasteiger partial charge on any atom is -0.142 e. The minimum atomic E-state index is 0.593. The highest BCUT2D eigenvalue weighted by atomic mass is 79.9. The lowest BCUT2D eigenvalue weighted by Crippen LogP contribution is -1.77. The summed E-state index contributed by atoms with van der Waals surface area (Å²) in [5, 5.41) is 3.43. The van der Waals surface area contributed by atoms with Gasteiger partial charge in [-0.25, -0.2) is 0 Å². The Labute approximate surface area is 105 Å². The van der Waals surface area contributed by atoms with Gasteiger partial charge < -0.3 is 0 Å². The van der Waals surface area contributed by atoms with E-state index in [4.69, 9.17) is 11.6 Å². The van der Waals surface area contributed by atoms with Crippen molar-refractivity contribution in [2.45, 2.75) is 10.8 Å². The molecule has 0 saturated carbocycles. The summed E-state index contributed by atoms with van der Waals surface area (Å²) in [6, 6.07) is 4.23. The van der Waals surface area contributed by atoms with Gasteiger partial charge in [0.05, 0.1) is 0 Å². The molecular weight excluding hydrogens is 300 g/mol. The molecule has 0 fully saturated rings. The quantitative estimate of drug-likeness (QED) is 0.548. The third kappa shape index (κ3) is 1.71. The predicted octanol–water partition coefficient (Wildman–Crippen LogP) is 5.12. The zero-order valence-corrected chi connectivity index (χ0v) is 11.5. The van der Waals surface area contributed by atoms with Crippen LogP contribution in [0.1, 0.15) is 5.56 Å². The highest BCUT2D eigenvalue weighted by Crippen LogP contribution is 2.38. The van der Waals surface area contributed by atoms with Gasteiger partial charge in [-0.15, -0.1) is 34.7 Å². The van der Waals surface area contributed by atoms with E-state index in [2.05, 4.69) is 39.7 Å². The molecule has 4 heteroatoms. The van der Waals surface area contributed by atoms with E-state index in [-0.39, 0.29) is 0 Å². The second-order valence-electron chi connectivity index (χ2n) is 2.85. The lowest BCUT2D eigenvalue weighted by molar-refractivity contribution is 1.47. The number of benzene rings is 1. The van der Waals surface area contributed by atoms with Crippen molar-refractivity contribution in [1.29, 1.82) is 0 Å². The summed E-state index contributed by atoms with van der Waals surface area (Å²) in [6.45, 7) is 0. The Bertz CT molecular complexity index is 464. The van der Waals surface area contributed by atoms with Crippen LogP contribution in [0.4, 0.5) is 0 Å². The fourth-order valence-corrected chi connectivity index (χ4v) is 4.62. The first-order valence-corrected chi connectivity index (χ1v) is 7.49. The number of alkyl halides is 1. The summed E-state index contributed by atoms with van der Waals surface area (Å²) in [6.07, 6.45) is 2.10. The number of fused-ring (bicyclic) bond motifs is 1. The molecule has 0 saturated heterocycles. The lowest BCUT2D eigenvalue weighted by atomic mass is 10.2. The van der Waals surface area contributed by atoms with Crippen LogP contribution in [0.15, 0.2) is 26.9 Å². The number of thiophene rings is 1. The molecule has 0 aliphatic carbocycles. The fourth-order valence-electron chi connectivity index (χ4n) is 1.40. The summed E-state index contributed by atoms with van der Waals surface area (Å²) in [5.74, 6) is 0.593. The van der Waals surface area contributed by atoms with E-state index in [0.29, 0.717) is 5.88 Å². The number of hydrogen-bond donors (Lipinski definition) is 0. The normalized spacial score (nSPS) is 11.1. The standard InChI is InChI=1S/C10H8BrClS2/c1-13-10-8(11)3-2-7-6(4-12)5-14-9(7)10/h2-3,5H,4H2,1H3. The summed E-state index contributed by atoms with van der Waals surface area (Å²) >= 11 is 13.0. The third-order valence-corrected chi connectivity index (χ3v) is 5.31. The highest BCUT2D eigenvalue weighted by molar-refractivity contribution is 9.10. The van der Waals surface area contributed by atoms with E-state index in [9.17, 15) is 0 Å². The van der Waals surface area contributed by atoms with Gasteiger partial charge in [0.2, 0.25) is 0 Å². The average Bonchev–Trinajstić information content (AvgIpc) is 2.60. The molecule has 0 radical (unpaired) electrons. The van der Waals surface area contributed by atoms with E-state index < -0.39 is 0 Å². The maximum atomic E-state index is 5.87. The van der Waals surface area contributed by atoms with E-state index in [0.717, 1.165) is 0 Å². The Kier molecular flexibility index (Phi) is 3.42. The highest BCUT2D eigenvalue weighted by Gasteiger charge is 2.09. The van der Waals surface area contributed by atoms with Gasteiger partial charge in [0.1, 0.15) is 0 Å². The fraction of sp³-hybridized carbons (Fsp3) is 0.200. The predicted molar refractivity (Wildman–Crippen MR) is 70.9 cm³/mol. The maximum absolute atomic E-state index is 5.87. The van der Waals surface area contributed by atoms with Crippen molar-refractivity contribution in [2.75, 3.05) is 6.26 Å². The monoisotopic (exact) mass is 306 g/mol. The van der Waals surface area contributed by atoms with E-state index in [1.807, 2.05) is 0 Å². The second-order valence-corrected chi connectivity index (χ2v) is 5.67. The SMILES string of the molecule is CSc1c(Br)ccc2c(CCl)csc12. The van der Waals surface area contributed by atoms with Crippen LogP contribution in [0.2, 0.25) is 0 Å². The average molecular weight is 308 g/mol. The number of hydrogen-bond acceptors (Lipinski definition) is 2. The van der Waals surface area contributed by atoms with Gasteiger partial charge >= 0.3 is 0 Å². The van der Waals surface area contributed by atoms with E-state index in [1.54, 1.807) is 23.1 Å². The van der Waals surface area contributed by atoms with E-state index in [1.165, 1.54) is 25.0 Å². The molecule has 0 nitrogen and oxygen atoms in total. The molecule has 0 spiro atoms. The van der Waals surface area contributed by atoms with Crippen LogP contribution in [0.5, 0.6) is 0 Å². The molecule has 2 aromatic rings. The van der Waals surface area contributed by atoms with Gasteiger partial charge in [-0.1, -0.05) is 6.07 Å². The summed E-state index contributed by atoms with van der Waals surface area (Å²) < 4.78 is 2.50. The first-order chi connectivity index (χ1) is 6.77. The van der Waals surface area contributed by atoms with Crippen LogP contribution in [0.25, 0.3) is 10.1 Å². The molecule has 0 aliphatic heterocycles. The Morgan fingerprint density at radius 3 is 2.93 bits per heavy atom. The van der Waals surface area contributed by atoms with Crippen LogP contribution in [-0.4, -0.2) is 6.26 Å². The van der Waals surface area contributed by atoms with Crippen LogP contribution in [0.3, 0.4) is 0 Å². The molecule has 74 valence electrons. The Morgan fingerprint density at radius 1 is 1.50 bits per heavy atom. The van der Waals surface area contributed by atoms with Crippen molar-refractivity contribution < 1.29 is 0 Å². The van der Waals surface area contributed by atoms with E-state index >= 15 is 0 Å². The molecule has 0 atom stereocenters. The number of halogens is 2. The number of thioether (sulfide) groups is 1. The van der Waals surface area contributed by atoms with Gasteiger partial charge in [0.25, 0.3) is 0 Å². The van der Waals surface area contributed by atoms with Crippen molar-refractivity contribution in [3.05, 3.63) is 27.5 Å². The molecule has 1 aromatic heterocycles. The van der Waals surface area contributed by atoms with Gasteiger partial charge in [0.15, 0.2) is 0 Å². The summed E-state index contributed by atoms with van der Waals surface area (Å²) in [5.41, 5.74) is 1.23. The molecule has 0 aliphatic rings. The molecule has 1 heterocycles. The van der Waals surface area contributed by atoms with Gasteiger partial charge in [-0.3, -0.25) is 0 Å². The van der Waals surface area contributed by atoms with Crippen LogP contribution < -0.4 is 0 Å². The van der Waals surface area contributed by atoms with Gasteiger partial charge in [-0.2, -0.15) is 0 Å². The van der Waals surface area contributed by atoms with Crippen molar-refractivity contribution in [1.82, 2.24) is 0 Å². The lowest BCUT2D eigenvalue weighted by Gasteiger charge is -2.02. The Balaban J connectivity index is 2.76. The zero-order chi connectivity index (χ0) is 10.1. The van der Waals surface area contributed by atoms with Crippen molar-refractivity contribution in [2.24, 2.45) is 0 Å². The summed E-state index contributed by atoms with van der Waals surface area (Å²) in [7, 11) is 0. The third-order valence-electron chi connectivity index (χ3n) is 2.08. The minimum absolute atomic E-state index is 0.593. The second kappa shape index (κ2) is 4.44. The van der Waals surface area contributed by atoms with Gasteiger partial charge in [0, 0.05) is 19.9 Å². The molecule has 14 heavy (non-hydrogen) atoms. The smallest absolute Gasteiger partial charge is 0.0493 e. The molecule has 0 N–H and O–H groups in total. The molecular formula is C10H8BrClS2. The molecule has 0 amide bonds. The molecule has 2 rings (SSSR count). The zero-order valence-electron chi connectivity index (χ0n) is 7.51.